The summed E-state index contributed by atoms with van der Waals surface area (Å²) in [5.41, 5.74) is 3.69. The van der Waals surface area contributed by atoms with Crippen LogP contribution in [-0.2, 0) is 58.5 Å². The van der Waals surface area contributed by atoms with Gasteiger partial charge in [-0.3, -0.25) is 19.4 Å². The minimum absolute atomic E-state index is 0.00243. The third kappa shape index (κ3) is 16.9. The topological polar surface area (TPSA) is 242 Å². The molecule has 2 fully saturated rings. The summed E-state index contributed by atoms with van der Waals surface area (Å²) >= 11 is 1.40. The van der Waals surface area contributed by atoms with Crippen molar-refractivity contribution in [2.45, 2.75) is 86.4 Å². The van der Waals surface area contributed by atoms with E-state index in [0.717, 1.165) is 21.6 Å². The molecule has 6 atom stereocenters. The summed E-state index contributed by atoms with van der Waals surface area (Å²) < 4.78 is 73.5. The maximum atomic E-state index is 13.9. The number of aliphatic hydroxyl groups is 2. The number of sulfonamides is 2. The minimum atomic E-state index is -4.09. The summed E-state index contributed by atoms with van der Waals surface area (Å²) in [6, 6.07) is 51.0. The van der Waals surface area contributed by atoms with Gasteiger partial charge >= 0.3 is 12.2 Å². The van der Waals surface area contributed by atoms with E-state index in [9.17, 15) is 46.2 Å². The molecule has 4 amide bonds. The maximum Gasteiger partial charge on any atom is 0.415 e. The number of carbonyl (C=O) groups is 4. The number of amides is 4. The van der Waals surface area contributed by atoms with Gasteiger partial charge in [0.15, 0.2) is 12.2 Å². The van der Waals surface area contributed by atoms with Crippen LogP contribution in [0.15, 0.2) is 197 Å². The summed E-state index contributed by atoms with van der Waals surface area (Å²) in [6.45, 7) is 5.31. The van der Waals surface area contributed by atoms with Crippen molar-refractivity contribution in [1.82, 2.24) is 19.2 Å². The van der Waals surface area contributed by atoms with Crippen molar-refractivity contribution in [1.29, 1.82) is 0 Å². The van der Waals surface area contributed by atoms with Gasteiger partial charge in [-0.15, -0.1) is 11.3 Å². The van der Waals surface area contributed by atoms with E-state index in [2.05, 4.69) is 10.6 Å². The molecule has 448 valence electrons. The van der Waals surface area contributed by atoms with Gasteiger partial charge in [-0.2, -0.15) is 8.61 Å². The molecule has 4 N–H and O–H groups in total. The lowest BCUT2D eigenvalue weighted by Crippen LogP contribution is -2.53. The van der Waals surface area contributed by atoms with Gasteiger partial charge in [0.2, 0.25) is 20.0 Å². The molecule has 0 radical (unpaired) electrons. The zero-order valence-corrected chi connectivity index (χ0v) is 49.9. The smallest absolute Gasteiger partial charge is 0.415 e. The quantitative estimate of drug-likeness (QED) is 0.0427. The number of para-hydroxylation sites is 2. The number of thiophene rings is 1. The predicted molar refractivity (Wildman–Crippen MR) is 324 cm³/mol. The number of benzene rings is 6. The van der Waals surface area contributed by atoms with E-state index in [-0.39, 0.29) is 67.8 Å². The molecule has 85 heavy (non-hydrogen) atoms. The molecule has 0 bridgehead atoms. The largest absolute Gasteiger partial charge is 0.497 e. The van der Waals surface area contributed by atoms with Gasteiger partial charge in [0, 0.05) is 48.5 Å². The summed E-state index contributed by atoms with van der Waals surface area (Å²) in [5, 5.41) is 30.6. The van der Waals surface area contributed by atoms with E-state index < -0.39 is 80.5 Å². The number of methoxy groups -OCH3 is 1. The molecule has 0 spiro atoms. The predicted octanol–water partition coefficient (Wildman–Crippen LogP) is 7.82. The number of hydrogen-bond acceptors (Lipinski definition) is 14. The van der Waals surface area contributed by atoms with Crippen LogP contribution in [0.25, 0.3) is 0 Å². The lowest BCUT2D eigenvalue weighted by Gasteiger charge is -2.31. The molecule has 6 aromatic carbocycles. The van der Waals surface area contributed by atoms with E-state index >= 15 is 0 Å². The highest BCUT2D eigenvalue weighted by Crippen LogP contribution is 2.28. The summed E-state index contributed by atoms with van der Waals surface area (Å²) in [7, 11) is -6.56. The molecule has 19 nitrogen and oxygen atoms in total. The van der Waals surface area contributed by atoms with Crippen molar-refractivity contribution < 1.29 is 60.4 Å². The Labute approximate surface area is 500 Å². The van der Waals surface area contributed by atoms with Gasteiger partial charge in [-0.25, -0.2) is 26.4 Å². The number of aliphatic hydroxyl groups excluding tert-OH is 2. The minimum Gasteiger partial charge on any atom is -0.497 e. The molecular formula is C63H70N6O13S3. The van der Waals surface area contributed by atoms with Crippen molar-refractivity contribution in [3.63, 3.8) is 0 Å². The highest BCUT2D eigenvalue weighted by molar-refractivity contribution is 7.89. The second-order valence-electron chi connectivity index (χ2n) is 21.0. The third-order valence-corrected chi connectivity index (χ3v) is 18.6. The first-order valence-electron chi connectivity index (χ1n) is 27.6. The number of hydrogen-bond donors (Lipinski definition) is 4. The van der Waals surface area contributed by atoms with Gasteiger partial charge in [0.1, 0.15) is 5.75 Å². The van der Waals surface area contributed by atoms with E-state index in [1.54, 1.807) is 72.8 Å². The molecule has 2 saturated heterocycles. The fourth-order valence-corrected chi connectivity index (χ4v) is 13.7. The molecule has 7 aromatic rings. The van der Waals surface area contributed by atoms with Crippen LogP contribution in [0.4, 0.5) is 21.0 Å². The van der Waals surface area contributed by atoms with Crippen molar-refractivity contribution >= 4 is 66.8 Å². The van der Waals surface area contributed by atoms with Crippen LogP contribution in [0, 0.1) is 12.8 Å². The molecule has 9 rings (SSSR count). The molecule has 1 aromatic heterocycles. The maximum absolute atomic E-state index is 13.9. The average molecular weight is 1220 g/mol. The monoisotopic (exact) mass is 1210 g/mol. The molecule has 0 unspecified atom stereocenters. The SMILES string of the molecule is COc1cccc(S(=O)(=O)N(Cc2cccs2)C[C@@H](O)[C@H](Cc2ccccc2)NC(=O)[C@@H]2CN(c3ccccc3)C(=O)O2)c1.Cc1cccc(S(=O)(=O)N(CC(C)C)C[C@@H](O)[C@H](Cc2ccccc2)NC(=O)[C@@H]2CN(c3ccccc3)C(=O)O2)c1. The number of aryl methyl sites for hydroxylation is 1. The van der Waals surface area contributed by atoms with Crippen LogP contribution in [-0.4, -0.2) is 136 Å². The molecule has 0 aliphatic carbocycles. The van der Waals surface area contributed by atoms with Crippen molar-refractivity contribution in [2.75, 3.05) is 49.6 Å². The lowest BCUT2D eigenvalue weighted by atomic mass is 10.0. The first kappa shape index (κ1) is 63.1. The van der Waals surface area contributed by atoms with E-state index in [4.69, 9.17) is 14.2 Å². The summed E-state index contributed by atoms with van der Waals surface area (Å²) in [6.07, 6.45) is -5.60. The van der Waals surface area contributed by atoms with Gasteiger partial charge in [-0.1, -0.05) is 135 Å². The molecule has 22 heteroatoms. The zero-order valence-electron chi connectivity index (χ0n) is 47.5. The molecular weight excluding hydrogens is 1140 g/mol. The van der Waals surface area contributed by atoms with E-state index in [1.165, 1.54) is 55.1 Å². The standard InChI is InChI=1S/C32H33N3O7S2.C31H37N3O6S/c1-41-25-14-8-16-27(19-25)44(39,40)34(20-26-15-9-17-43-26)21-29(36)28(18-23-10-4-2-5-11-23)33-31(37)30-22-35(32(38)42-30)24-12-6-3-7-13-24;1-22(2)19-33(41(38,39)26-16-10-11-23(3)17-26)20-28(35)27(18-24-12-6-4-7-13-24)32-30(36)29-21-34(31(37)40-29)25-14-8-5-9-15-25/h2-17,19,28-30,36H,18,20-22H2,1H3,(H,33,37);4-17,22,27-29,35H,18-21H2,1-3H3,(H,32,36)/t28-,29+,30-;27-,28+,29-/m00/s1. The highest BCUT2D eigenvalue weighted by Gasteiger charge is 2.41. The van der Waals surface area contributed by atoms with Crippen LogP contribution in [0.1, 0.15) is 35.4 Å². The molecule has 0 saturated carbocycles. The Morgan fingerprint density at radius 2 is 1.05 bits per heavy atom. The molecule has 3 heterocycles. The Morgan fingerprint density at radius 1 is 0.600 bits per heavy atom. The Morgan fingerprint density at radius 3 is 1.49 bits per heavy atom. The second-order valence-corrected chi connectivity index (χ2v) is 25.9. The summed E-state index contributed by atoms with van der Waals surface area (Å²) in [4.78, 5) is 55.6. The van der Waals surface area contributed by atoms with Gasteiger partial charge in [-0.05, 0) is 102 Å². The van der Waals surface area contributed by atoms with Crippen LogP contribution >= 0.6 is 11.3 Å². The second kappa shape index (κ2) is 29.2. The van der Waals surface area contributed by atoms with Crippen molar-refractivity contribution in [3.8, 4) is 5.75 Å². The third-order valence-electron chi connectivity index (χ3n) is 14.1. The number of ether oxygens (including phenoxy) is 3. The Balaban J connectivity index is 0.000000222. The van der Waals surface area contributed by atoms with Crippen LogP contribution in [0.2, 0.25) is 0 Å². The molecule has 2 aliphatic heterocycles. The fraction of sp³-hybridized carbons (Fsp3) is 0.302. The first-order valence-corrected chi connectivity index (χ1v) is 31.4. The van der Waals surface area contributed by atoms with Crippen LogP contribution in [0.3, 0.4) is 0 Å². The number of rotatable bonds is 25. The average Bonchev–Trinajstić information content (AvgIpc) is 2.93. The molecule has 2 aliphatic rings. The van der Waals surface area contributed by atoms with Gasteiger partial charge in [0.25, 0.3) is 11.8 Å². The van der Waals surface area contributed by atoms with Crippen LogP contribution in [0.5, 0.6) is 5.75 Å². The number of nitrogens with zero attached hydrogens (tertiary/aromatic N) is 4. The van der Waals surface area contributed by atoms with Crippen molar-refractivity contribution in [2.24, 2.45) is 5.92 Å². The fourth-order valence-electron chi connectivity index (χ4n) is 9.70. The van der Waals surface area contributed by atoms with Crippen LogP contribution < -0.4 is 25.2 Å². The number of anilines is 2. The lowest BCUT2D eigenvalue weighted by molar-refractivity contribution is -0.130. The number of carbonyl (C=O) groups excluding carboxylic acids is 4. The van der Waals surface area contributed by atoms with E-state index in [1.807, 2.05) is 117 Å². The highest BCUT2D eigenvalue weighted by atomic mass is 32.2. The number of cyclic esters (lactones) is 2. The van der Waals surface area contributed by atoms with E-state index in [0.29, 0.717) is 17.1 Å². The summed E-state index contributed by atoms with van der Waals surface area (Å²) in [5.74, 6) is -0.774. The normalized spacial score (nSPS) is 16.7. The van der Waals surface area contributed by atoms with Gasteiger partial charge in [0.05, 0.1) is 54.3 Å². The number of nitrogens with one attached hydrogen (secondary N) is 2. The Bertz CT molecular complexity index is 3550. The zero-order chi connectivity index (χ0) is 60.7. The first-order chi connectivity index (χ1) is 40.8. The van der Waals surface area contributed by atoms with Crippen molar-refractivity contribution in [3.05, 3.63) is 209 Å². The van der Waals surface area contributed by atoms with Gasteiger partial charge < -0.3 is 35.1 Å². The Hall–Kier alpha value is -7.96. The Kier molecular flexibility index (Phi) is 21.7.